The smallest absolute Gasteiger partial charge is 0.243 e. The predicted molar refractivity (Wildman–Crippen MR) is 145 cm³/mol. The van der Waals surface area contributed by atoms with Crippen LogP contribution in [0.5, 0.6) is 0 Å². The molecule has 0 spiro atoms. The van der Waals surface area contributed by atoms with E-state index in [0.29, 0.717) is 12.5 Å². The molecule has 0 bridgehead atoms. The quantitative estimate of drug-likeness (QED) is 0.197. The van der Waals surface area contributed by atoms with Gasteiger partial charge >= 0.3 is 0 Å². The lowest BCUT2D eigenvalue weighted by molar-refractivity contribution is -0.116. The molecule has 0 saturated carbocycles. The molecule has 0 saturated heterocycles. The van der Waals surface area contributed by atoms with Crippen LogP contribution < -0.4 is 5.32 Å². The van der Waals surface area contributed by atoms with E-state index in [1.54, 1.807) is 6.08 Å². The Kier molecular flexibility index (Phi) is 8.50. The molecule has 4 aromatic rings. The zero-order valence-electron chi connectivity index (χ0n) is 20.8. The SMILES string of the molecule is CC(C)c1ccc(Cn2c(CCCCCNC(=O)/C=C/c3ccccc3)nc3ccccc32)cc1. The predicted octanol–water partition coefficient (Wildman–Crippen LogP) is 6.75. The molecule has 35 heavy (non-hydrogen) atoms. The molecule has 4 heteroatoms. The van der Waals surface area contributed by atoms with Crippen LogP contribution in [0.4, 0.5) is 0 Å². The number of nitrogens with one attached hydrogen (secondary N) is 1. The summed E-state index contributed by atoms with van der Waals surface area (Å²) in [5.74, 6) is 1.63. The van der Waals surface area contributed by atoms with Crippen molar-refractivity contribution in [2.45, 2.75) is 52.0 Å². The number of carbonyl (C=O) groups excluding carboxylic acids is 1. The summed E-state index contributed by atoms with van der Waals surface area (Å²) in [6.45, 7) is 5.97. The van der Waals surface area contributed by atoms with Gasteiger partial charge in [0.1, 0.15) is 5.82 Å². The fourth-order valence-electron chi connectivity index (χ4n) is 4.27. The minimum absolute atomic E-state index is 0.0425. The third kappa shape index (κ3) is 6.92. The third-order valence-corrected chi connectivity index (χ3v) is 6.32. The van der Waals surface area contributed by atoms with Crippen molar-refractivity contribution in [3.8, 4) is 0 Å². The van der Waals surface area contributed by atoms with Crippen molar-refractivity contribution < 1.29 is 4.79 Å². The second-order valence-corrected chi connectivity index (χ2v) is 9.34. The second kappa shape index (κ2) is 12.2. The zero-order valence-corrected chi connectivity index (χ0v) is 20.8. The molecule has 0 aliphatic heterocycles. The largest absolute Gasteiger partial charge is 0.353 e. The van der Waals surface area contributed by atoms with Gasteiger partial charge in [-0.1, -0.05) is 87.0 Å². The van der Waals surface area contributed by atoms with Gasteiger partial charge in [-0.3, -0.25) is 4.79 Å². The van der Waals surface area contributed by atoms with Crippen molar-refractivity contribution in [2.75, 3.05) is 6.54 Å². The van der Waals surface area contributed by atoms with Gasteiger partial charge in [0.25, 0.3) is 0 Å². The summed E-state index contributed by atoms with van der Waals surface area (Å²) in [5.41, 5.74) is 5.94. The van der Waals surface area contributed by atoms with Gasteiger partial charge in [0.05, 0.1) is 11.0 Å². The molecule has 0 atom stereocenters. The van der Waals surface area contributed by atoms with Crippen molar-refractivity contribution >= 4 is 23.0 Å². The summed E-state index contributed by atoms with van der Waals surface area (Å²) in [6, 6.07) is 27.2. The number of imidazole rings is 1. The van der Waals surface area contributed by atoms with Gasteiger partial charge in [-0.25, -0.2) is 4.98 Å². The van der Waals surface area contributed by atoms with E-state index < -0.39 is 0 Å². The van der Waals surface area contributed by atoms with Crippen molar-refractivity contribution in [1.82, 2.24) is 14.9 Å². The Labute approximate surface area is 208 Å². The van der Waals surface area contributed by atoms with Crippen LogP contribution in [0.15, 0.2) is 84.9 Å². The first-order chi connectivity index (χ1) is 17.1. The Morgan fingerprint density at radius 3 is 2.43 bits per heavy atom. The number of carbonyl (C=O) groups is 1. The molecule has 4 nitrogen and oxygen atoms in total. The average molecular weight is 466 g/mol. The number of hydrogen-bond acceptors (Lipinski definition) is 2. The van der Waals surface area contributed by atoms with Gasteiger partial charge in [-0.15, -0.1) is 0 Å². The number of hydrogen-bond donors (Lipinski definition) is 1. The van der Waals surface area contributed by atoms with Crippen LogP contribution in [0.2, 0.25) is 0 Å². The zero-order chi connectivity index (χ0) is 24.5. The van der Waals surface area contributed by atoms with Gasteiger partial charge < -0.3 is 9.88 Å². The number of para-hydroxylation sites is 2. The van der Waals surface area contributed by atoms with Gasteiger partial charge in [0, 0.05) is 25.6 Å². The Hall–Kier alpha value is -3.66. The van der Waals surface area contributed by atoms with E-state index in [1.165, 1.54) is 16.6 Å². The van der Waals surface area contributed by atoms with Crippen LogP contribution in [0.3, 0.4) is 0 Å². The van der Waals surface area contributed by atoms with Crippen molar-refractivity contribution in [3.05, 3.63) is 107 Å². The number of benzene rings is 3. The summed E-state index contributed by atoms with van der Waals surface area (Å²) in [5, 5.41) is 2.98. The number of amides is 1. The topological polar surface area (TPSA) is 46.9 Å². The molecule has 1 aromatic heterocycles. The molecule has 0 unspecified atom stereocenters. The molecule has 0 fully saturated rings. The van der Waals surface area contributed by atoms with Crippen molar-refractivity contribution in [2.24, 2.45) is 0 Å². The number of fused-ring (bicyclic) bond motifs is 1. The summed E-state index contributed by atoms with van der Waals surface area (Å²) < 4.78 is 2.36. The van der Waals surface area contributed by atoms with Crippen LogP contribution in [-0.4, -0.2) is 22.0 Å². The summed E-state index contributed by atoms with van der Waals surface area (Å²) >= 11 is 0. The highest BCUT2D eigenvalue weighted by atomic mass is 16.1. The highest BCUT2D eigenvalue weighted by Crippen LogP contribution is 2.21. The fourth-order valence-corrected chi connectivity index (χ4v) is 4.27. The monoisotopic (exact) mass is 465 g/mol. The maximum absolute atomic E-state index is 12.0. The molecule has 0 aliphatic carbocycles. The number of nitrogens with zero attached hydrogens (tertiary/aromatic N) is 2. The van der Waals surface area contributed by atoms with E-state index in [4.69, 9.17) is 4.98 Å². The van der Waals surface area contributed by atoms with Gasteiger partial charge in [-0.2, -0.15) is 0 Å². The molecule has 4 rings (SSSR count). The van der Waals surface area contributed by atoms with Gasteiger partial charge in [0.15, 0.2) is 0 Å². The lowest BCUT2D eigenvalue weighted by atomic mass is 10.0. The number of rotatable bonds is 11. The molecular weight excluding hydrogens is 430 g/mol. The highest BCUT2D eigenvalue weighted by molar-refractivity contribution is 5.91. The summed E-state index contributed by atoms with van der Waals surface area (Å²) in [7, 11) is 0. The molecule has 180 valence electrons. The van der Waals surface area contributed by atoms with E-state index in [-0.39, 0.29) is 5.91 Å². The standard InChI is InChI=1S/C31H35N3O/c1-24(2)27-19-16-26(17-20-27)23-34-29-14-9-8-13-28(29)33-30(34)15-7-4-10-22-32-31(35)21-18-25-11-5-3-6-12-25/h3,5-6,8-9,11-14,16-21,24H,4,7,10,15,22-23H2,1-2H3,(H,32,35)/b21-18+. The average Bonchev–Trinajstić information content (AvgIpc) is 3.23. The van der Waals surface area contributed by atoms with Gasteiger partial charge in [-0.05, 0) is 53.7 Å². The Morgan fingerprint density at radius 1 is 0.914 bits per heavy atom. The molecule has 1 heterocycles. The maximum atomic E-state index is 12.0. The Bertz CT molecular complexity index is 1250. The number of unbranched alkanes of at least 4 members (excludes halogenated alkanes) is 2. The minimum Gasteiger partial charge on any atom is -0.353 e. The fraction of sp³-hybridized carbons (Fsp3) is 0.290. The van der Waals surface area contributed by atoms with E-state index >= 15 is 0 Å². The summed E-state index contributed by atoms with van der Waals surface area (Å²) in [6.07, 6.45) is 7.43. The third-order valence-electron chi connectivity index (χ3n) is 6.32. The van der Waals surface area contributed by atoms with Crippen LogP contribution in [0, 0.1) is 0 Å². The van der Waals surface area contributed by atoms with E-state index in [0.717, 1.165) is 49.1 Å². The summed E-state index contributed by atoms with van der Waals surface area (Å²) in [4.78, 5) is 17.0. The molecule has 1 N–H and O–H groups in total. The molecule has 0 radical (unpaired) electrons. The lowest BCUT2D eigenvalue weighted by Crippen LogP contribution is -2.22. The normalized spacial score (nSPS) is 11.5. The maximum Gasteiger partial charge on any atom is 0.243 e. The minimum atomic E-state index is -0.0425. The lowest BCUT2D eigenvalue weighted by Gasteiger charge is -2.11. The van der Waals surface area contributed by atoms with Crippen LogP contribution in [-0.2, 0) is 17.8 Å². The van der Waals surface area contributed by atoms with Crippen LogP contribution >= 0.6 is 0 Å². The second-order valence-electron chi connectivity index (χ2n) is 9.34. The van der Waals surface area contributed by atoms with E-state index in [2.05, 4.69) is 72.3 Å². The first-order valence-electron chi connectivity index (χ1n) is 12.6. The van der Waals surface area contributed by atoms with E-state index in [9.17, 15) is 4.79 Å². The highest BCUT2D eigenvalue weighted by Gasteiger charge is 2.11. The number of aromatic nitrogens is 2. The molecular formula is C31H35N3O. The van der Waals surface area contributed by atoms with Crippen LogP contribution in [0.1, 0.15) is 61.5 Å². The Balaban J connectivity index is 1.29. The van der Waals surface area contributed by atoms with E-state index in [1.807, 2.05) is 36.4 Å². The molecule has 1 amide bonds. The first kappa shape index (κ1) is 24.5. The van der Waals surface area contributed by atoms with Crippen molar-refractivity contribution in [3.63, 3.8) is 0 Å². The Morgan fingerprint density at radius 2 is 1.66 bits per heavy atom. The first-order valence-corrected chi connectivity index (χ1v) is 12.6. The molecule has 0 aliphatic rings. The number of aryl methyl sites for hydroxylation is 1. The molecule has 3 aromatic carbocycles. The van der Waals surface area contributed by atoms with Crippen LogP contribution in [0.25, 0.3) is 17.1 Å². The van der Waals surface area contributed by atoms with Crippen molar-refractivity contribution in [1.29, 1.82) is 0 Å². The van der Waals surface area contributed by atoms with Gasteiger partial charge in [0.2, 0.25) is 5.91 Å².